The van der Waals surface area contributed by atoms with Gasteiger partial charge in [-0.3, -0.25) is 4.79 Å². The second-order valence-corrected chi connectivity index (χ2v) is 10.3. The molecule has 0 aliphatic rings. The molecule has 0 aliphatic heterocycles. The number of hydrogen-bond acceptors (Lipinski definition) is 7. The van der Waals surface area contributed by atoms with Gasteiger partial charge in [-0.25, -0.2) is 14.8 Å². The molecule has 0 fully saturated rings. The molecule has 0 spiro atoms. The van der Waals surface area contributed by atoms with E-state index in [1.807, 2.05) is 25.1 Å². The van der Waals surface area contributed by atoms with Gasteiger partial charge in [0.25, 0.3) is 5.56 Å². The van der Waals surface area contributed by atoms with Crippen molar-refractivity contribution in [3.05, 3.63) is 80.9 Å². The zero-order valence-electron chi connectivity index (χ0n) is 18.1. The quantitative estimate of drug-likeness (QED) is 0.276. The van der Waals surface area contributed by atoms with Crippen molar-refractivity contribution in [3.63, 3.8) is 0 Å². The largest absolute Gasteiger partial charge is 0.375 e. The van der Waals surface area contributed by atoms with Crippen LogP contribution in [0.15, 0.2) is 62.2 Å². The van der Waals surface area contributed by atoms with Crippen LogP contribution in [-0.4, -0.2) is 20.6 Å². The Kier molecular flexibility index (Phi) is 6.03. The highest BCUT2D eigenvalue weighted by molar-refractivity contribution is 8.00. The number of carbonyl (C=O) groups excluding carboxylic acids is 1. The maximum absolute atomic E-state index is 12.4. The Labute approximate surface area is 206 Å². The van der Waals surface area contributed by atoms with Crippen LogP contribution in [-0.2, 0) is 5.75 Å². The van der Waals surface area contributed by atoms with E-state index in [1.54, 1.807) is 31.2 Å². The molecule has 0 atom stereocenters. The number of amides is 2. The Morgan fingerprint density at radius 1 is 1.12 bits per heavy atom. The summed E-state index contributed by atoms with van der Waals surface area (Å²) < 4.78 is 8.29. The lowest BCUT2D eigenvalue weighted by Crippen LogP contribution is -2.19. The van der Waals surface area contributed by atoms with E-state index in [4.69, 9.17) is 16.1 Å². The molecule has 0 aliphatic carbocycles. The number of nitrogens with one attached hydrogen (secondary N) is 2. The molecular formula is C23H18ClN5O3S2. The topological polar surface area (TPSA) is 102 Å². The third-order valence-corrected chi connectivity index (χ3v) is 7.37. The Balaban J connectivity index is 1.27. The SMILES string of the molecule is Cc1cc2nc(CSc3nc4ccc(NC(=O)Nc5cc(Cl)ccc5C)cc4s3)cc(=O)n2o1. The molecule has 0 saturated carbocycles. The first-order valence-corrected chi connectivity index (χ1v) is 12.4. The molecule has 2 N–H and O–H groups in total. The number of aryl methyl sites for hydroxylation is 2. The second kappa shape index (κ2) is 9.13. The molecule has 0 radical (unpaired) electrons. The van der Waals surface area contributed by atoms with Crippen molar-refractivity contribution in [3.8, 4) is 0 Å². The number of nitrogens with zero attached hydrogens (tertiary/aromatic N) is 3. The van der Waals surface area contributed by atoms with Crippen LogP contribution in [0, 0.1) is 13.8 Å². The number of aromatic nitrogens is 3. The standard InChI is InChI=1S/C23H18ClN5O3S2/c1-12-3-4-14(24)8-18(12)27-22(31)26-15-5-6-17-19(9-15)34-23(28-17)33-11-16-10-21(30)29-20(25-16)7-13(2)32-29/h3-10H,11H2,1-2H3,(H2,26,27,31). The zero-order chi connectivity index (χ0) is 23.8. The van der Waals surface area contributed by atoms with Crippen LogP contribution in [0.4, 0.5) is 16.2 Å². The molecule has 172 valence electrons. The van der Waals surface area contributed by atoms with Crippen LogP contribution in [0.1, 0.15) is 17.0 Å². The molecule has 5 aromatic rings. The summed E-state index contributed by atoms with van der Waals surface area (Å²) in [7, 11) is 0. The minimum Gasteiger partial charge on any atom is -0.375 e. The number of carbonyl (C=O) groups is 1. The van der Waals surface area contributed by atoms with Gasteiger partial charge in [0.1, 0.15) is 5.76 Å². The van der Waals surface area contributed by atoms with E-state index in [-0.39, 0.29) is 11.6 Å². The molecule has 11 heteroatoms. The van der Waals surface area contributed by atoms with Gasteiger partial charge in [0, 0.05) is 34.3 Å². The van der Waals surface area contributed by atoms with E-state index in [0.717, 1.165) is 20.1 Å². The lowest BCUT2D eigenvalue weighted by molar-refractivity contribution is 0.262. The summed E-state index contributed by atoms with van der Waals surface area (Å²) in [4.78, 5) is 33.8. The molecule has 8 nitrogen and oxygen atoms in total. The molecule has 2 amide bonds. The number of thiazole rings is 1. The first-order chi connectivity index (χ1) is 16.3. The van der Waals surface area contributed by atoms with Crippen LogP contribution in [0.25, 0.3) is 15.9 Å². The van der Waals surface area contributed by atoms with Crippen molar-refractivity contribution < 1.29 is 9.32 Å². The Morgan fingerprint density at radius 3 is 2.82 bits per heavy atom. The number of urea groups is 1. The number of benzene rings is 2. The monoisotopic (exact) mass is 511 g/mol. The van der Waals surface area contributed by atoms with Gasteiger partial charge in [-0.05, 0) is 49.7 Å². The molecular weight excluding hydrogens is 494 g/mol. The smallest absolute Gasteiger partial charge is 0.323 e. The number of anilines is 2. The van der Waals surface area contributed by atoms with Gasteiger partial charge in [-0.2, -0.15) is 0 Å². The summed E-state index contributed by atoms with van der Waals surface area (Å²) in [5.41, 5.74) is 3.95. The van der Waals surface area contributed by atoms with Crippen LogP contribution in [0.5, 0.6) is 0 Å². The molecule has 0 unspecified atom stereocenters. The number of thioether (sulfide) groups is 1. The summed E-state index contributed by atoms with van der Waals surface area (Å²) in [6.07, 6.45) is 0. The number of hydrogen-bond donors (Lipinski definition) is 2. The number of halogens is 1. The molecule has 34 heavy (non-hydrogen) atoms. The second-order valence-electron chi connectivity index (χ2n) is 7.57. The van der Waals surface area contributed by atoms with Crippen molar-refractivity contribution in [2.24, 2.45) is 0 Å². The minimum absolute atomic E-state index is 0.250. The molecule has 0 saturated heterocycles. The van der Waals surface area contributed by atoms with Gasteiger partial charge in [0.15, 0.2) is 9.99 Å². The maximum Gasteiger partial charge on any atom is 0.323 e. The van der Waals surface area contributed by atoms with Crippen LogP contribution < -0.4 is 16.2 Å². The van der Waals surface area contributed by atoms with E-state index in [9.17, 15) is 9.59 Å². The van der Waals surface area contributed by atoms with Crippen LogP contribution >= 0.6 is 34.7 Å². The Bertz CT molecular complexity index is 1610. The number of fused-ring (bicyclic) bond motifs is 2. The molecule has 5 rings (SSSR count). The number of rotatable bonds is 5. The Morgan fingerprint density at radius 2 is 1.97 bits per heavy atom. The van der Waals surface area contributed by atoms with Crippen molar-refractivity contribution in [1.82, 2.24) is 14.5 Å². The fraction of sp³-hybridized carbons (Fsp3) is 0.130. The summed E-state index contributed by atoms with van der Waals surface area (Å²) in [6.45, 7) is 3.67. The molecule has 0 bridgehead atoms. The van der Waals surface area contributed by atoms with E-state index in [1.165, 1.54) is 33.7 Å². The predicted octanol–water partition coefficient (Wildman–Crippen LogP) is 6.10. The average molecular weight is 512 g/mol. The highest BCUT2D eigenvalue weighted by Crippen LogP contribution is 2.32. The maximum atomic E-state index is 12.4. The van der Waals surface area contributed by atoms with Gasteiger partial charge in [0.05, 0.1) is 15.9 Å². The zero-order valence-corrected chi connectivity index (χ0v) is 20.5. The normalized spacial score (nSPS) is 11.3. The highest BCUT2D eigenvalue weighted by Gasteiger charge is 2.11. The summed E-state index contributed by atoms with van der Waals surface area (Å²) >= 11 is 9.04. The van der Waals surface area contributed by atoms with Crippen LogP contribution in [0.3, 0.4) is 0 Å². The fourth-order valence-corrected chi connectivity index (χ4v) is 5.51. The average Bonchev–Trinajstić information content (AvgIpc) is 3.37. The Hall–Kier alpha value is -3.34. The van der Waals surface area contributed by atoms with Crippen molar-refractivity contribution in [2.75, 3.05) is 10.6 Å². The van der Waals surface area contributed by atoms with Gasteiger partial charge in [-0.1, -0.05) is 29.4 Å². The molecule has 3 heterocycles. The van der Waals surface area contributed by atoms with Gasteiger partial charge >= 0.3 is 6.03 Å². The van der Waals surface area contributed by atoms with Crippen molar-refractivity contribution >= 4 is 68.0 Å². The first-order valence-electron chi connectivity index (χ1n) is 10.2. The third kappa shape index (κ3) is 4.79. The van der Waals surface area contributed by atoms with Gasteiger partial charge in [-0.15, -0.1) is 15.9 Å². The summed E-state index contributed by atoms with van der Waals surface area (Å²) in [6, 6.07) is 13.7. The third-order valence-electron chi connectivity index (χ3n) is 4.94. The lowest BCUT2D eigenvalue weighted by Gasteiger charge is -2.10. The van der Waals surface area contributed by atoms with E-state index >= 15 is 0 Å². The first kappa shape index (κ1) is 22.5. The van der Waals surface area contributed by atoms with Crippen LogP contribution in [0.2, 0.25) is 5.02 Å². The highest BCUT2D eigenvalue weighted by atomic mass is 35.5. The van der Waals surface area contributed by atoms with Crippen molar-refractivity contribution in [2.45, 2.75) is 23.9 Å². The van der Waals surface area contributed by atoms with Crippen molar-refractivity contribution in [1.29, 1.82) is 0 Å². The minimum atomic E-state index is -0.355. The summed E-state index contributed by atoms with van der Waals surface area (Å²) in [5, 5.41) is 6.22. The fourth-order valence-electron chi connectivity index (χ4n) is 3.34. The molecule has 2 aromatic carbocycles. The van der Waals surface area contributed by atoms with E-state index in [2.05, 4.69) is 20.6 Å². The lowest BCUT2D eigenvalue weighted by atomic mass is 10.2. The van der Waals surface area contributed by atoms with E-state index < -0.39 is 0 Å². The van der Waals surface area contributed by atoms with Gasteiger partial charge < -0.3 is 15.2 Å². The van der Waals surface area contributed by atoms with E-state index in [0.29, 0.717) is 39.3 Å². The molecule has 3 aromatic heterocycles. The summed E-state index contributed by atoms with van der Waals surface area (Å²) in [5.74, 6) is 1.13. The predicted molar refractivity (Wildman–Crippen MR) is 136 cm³/mol. The van der Waals surface area contributed by atoms with Gasteiger partial charge in [0.2, 0.25) is 0 Å².